The first-order valence-corrected chi connectivity index (χ1v) is 10.4. The van der Waals surface area contributed by atoms with Gasteiger partial charge < -0.3 is 10.3 Å². The highest BCUT2D eigenvalue weighted by Gasteiger charge is 2.17. The van der Waals surface area contributed by atoms with E-state index in [9.17, 15) is 18.0 Å². The van der Waals surface area contributed by atoms with Crippen LogP contribution in [0.2, 0.25) is 0 Å². The number of rotatable bonds is 7. The largest absolute Gasteiger partial charge is 0.361 e. The van der Waals surface area contributed by atoms with Gasteiger partial charge in [0.05, 0.1) is 17.7 Å². The lowest BCUT2D eigenvalue weighted by Gasteiger charge is -2.11. The van der Waals surface area contributed by atoms with E-state index in [2.05, 4.69) is 20.8 Å². The molecule has 1 aromatic heterocycles. The predicted molar refractivity (Wildman–Crippen MR) is 114 cm³/mol. The second kappa shape index (κ2) is 8.89. The molecule has 156 valence electrons. The van der Waals surface area contributed by atoms with Crippen molar-refractivity contribution >= 4 is 39.0 Å². The second-order valence-corrected chi connectivity index (χ2v) is 8.73. The number of para-hydroxylation sites is 1. The third-order valence-corrected chi connectivity index (χ3v) is 6.15. The number of hydrogen-bond donors (Lipinski definition) is 3. The predicted octanol–water partition coefficient (Wildman–Crippen LogP) is 1.30. The minimum Gasteiger partial charge on any atom is -0.361 e. The van der Waals surface area contributed by atoms with Crippen molar-refractivity contribution in [3.05, 3.63) is 65.9 Å². The Kier molecular flexibility index (Phi) is 6.28. The van der Waals surface area contributed by atoms with Crippen LogP contribution in [0.3, 0.4) is 0 Å². The van der Waals surface area contributed by atoms with Crippen LogP contribution in [0.4, 0.5) is 0 Å². The lowest BCUT2D eigenvalue weighted by molar-refractivity contribution is -0.120. The van der Waals surface area contributed by atoms with Crippen LogP contribution in [0.1, 0.15) is 15.9 Å². The van der Waals surface area contributed by atoms with Crippen LogP contribution in [0.25, 0.3) is 10.9 Å². The number of aromatic nitrogens is 1. The molecule has 0 aliphatic carbocycles. The molecule has 0 unspecified atom stereocenters. The first-order chi connectivity index (χ1) is 14.3. The number of carbonyl (C=O) groups excluding carboxylic acids is 2. The fraction of sp³-hybridized carbons (Fsp3) is 0.150. The van der Waals surface area contributed by atoms with Gasteiger partial charge in [-0.25, -0.2) is 18.1 Å². The molecule has 9 nitrogen and oxygen atoms in total. The Bertz CT molecular complexity index is 1200. The Labute approximate surface area is 173 Å². The van der Waals surface area contributed by atoms with Gasteiger partial charge in [-0.15, -0.1) is 0 Å². The number of aromatic amines is 1. The molecular formula is C20H21N5O4S. The van der Waals surface area contributed by atoms with Crippen LogP contribution in [0.5, 0.6) is 0 Å². The number of sulfonamides is 1. The normalized spacial score (nSPS) is 11.8. The molecule has 0 spiro atoms. The van der Waals surface area contributed by atoms with Gasteiger partial charge in [-0.05, 0) is 30.3 Å². The van der Waals surface area contributed by atoms with Gasteiger partial charge in [0.25, 0.3) is 11.8 Å². The number of nitrogens with one attached hydrogen (secondary N) is 3. The van der Waals surface area contributed by atoms with Crippen molar-refractivity contribution in [2.45, 2.75) is 4.90 Å². The van der Waals surface area contributed by atoms with Crippen LogP contribution >= 0.6 is 0 Å². The molecule has 0 aliphatic heterocycles. The third kappa shape index (κ3) is 4.73. The molecule has 3 aromatic rings. The minimum atomic E-state index is -3.57. The molecule has 0 aliphatic rings. The van der Waals surface area contributed by atoms with E-state index in [0.717, 1.165) is 20.8 Å². The van der Waals surface area contributed by atoms with Crippen LogP contribution in [0, 0.1) is 0 Å². The lowest BCUT2D eigenvalue weighted by Crippen LogP contribution is -2.34. The number of fused-ring (bicyclic) bond motifs is 1. The zero-order valence-electron chi connectivity index (χ0n) is 16.4. The molecular weight excluding hydrogens is 406 g/mol. The van der Waals surface area contributed by atoms with Crippen molar-refractivity contribution in [1.29, 1.82) is 0 Å². The van der Waals surface area contributed by atoms with Crippen molar-refractivity contribution in [3.63, 3.8) is 0 Å². The van der Waals surface area contributed by atoms with Gasteiger partial charge in [0.15, 0.2) is 0 Å². The zero-order chi connectivity index (χ0) is 21.7. The first kappa shape index (κ1) is 21.2. The molecule has 2 aromatic carbocycles. The second-order valence-electron chi connectivity index (χ2n) is 6.58. The third-order valence-electron chi connectivity index (χ3n) is 4.32. The standard InChI is InChI=1S/C20H21N5O4S/c1-25(2)30(28,29)16-9-7-14(8-10-16)20(27)22-13-19(26)24-23-12-15-11-21-18-6-4-3-5-17(15)18/h3-12,21H,13H2,1-2H3,(H,22,27)(H,24,26)/b23-12-. The Hall–Kier alpha value is -3.50. The summed E-state index contributed by atoms with van der Waals surface area (Å²) in [6.07, 6.45) is 3.30. The molecule has 30 heavy (non-hydrogen) atoms. The van der Waals surface area contributed by atoms with Crippen molar-refractivity contribution < 1.29 is 18.0 Å². The number of benzene rings is 2. The van der Waals surface area contributed by atoms with Crippen molar-refractivity contribution in [1.82, 2.24) is 20.0 Å². The Morgan fingerprint density at radius 3 is 2.50 bits per heavy atom. The molecule has 0 radical (unpaired) electrons. The first-order valence-electron chi connectivity index (χ1n) is 8.98. The van der Waals surface area contributed by atoms with E-state index in [1.54, 1.807) is 6.20 Å². The van der Waals surface area contributed by atoms with E-state index < -0.39 is 21.8 Å². The van der Waals surface area contributed by atoms with E-state index in [0.29, 0.717) is 0 Å². The van der Waals surface area contributed by atoms with E-state index in [1.807, 2.05) is 24.3 Å². The number of nitrogens with zero attached hydrogens (tertiary/aromatic N) is 2. The molecule has 2 amide bonds. The molecule has 0 atom stereocenters. The summed E-state index contributed by atoms with van der Waals surface area (Å²) in [7, 11) is -0.716. The van der Waals surface area contributed by atoms with Gasteiger partial charge in [0.1, 0.15) is 0 Å². The summed E-state index contributed by atoms with van der Waals surface area (Å²) >= 11 is 0. The maximum absolute atomic E-state index is 12.2. The van der Waals surface area contributed by atoms with Crippen LogP contribution in [-0.2, 0) is 14.8 Å². The van der Waals surface area contributed by atoms with Gasteiger partial charge >= 0.3 is 0 Å². The summed E-state index contributed by atoms with van der Waals surface area (Å²) in [6, 6.07) is 13.2. The molecule has 3 rings (SSSR count). The summed E-state index contributed by atoms with van der Waals surface area (Å²) in [5, 5.41) is 7.34. The highest BCUT2D eigenvalue weighted by molar-refractivity contribution is 7.89. The van der Waals surface area contributed by atoms with E-state index in [-0.39, 0.29) is 17.0 Å². The fourth-order valence-electron chi connectivity index (χ4n) is 2.67. The van der Waals surface area contributed by atoms with Gasteiger partial charge in [0, 0.05) is 42.3 Å². The summed E-state index contributed by atoms with van der Waals surface area (Å²) in [6.45, 7) is -0.276. The van der Waals surface area contributed by atoms with Crippen LogP contribution < -0.4 is 10.7 Å². The highest BCUT2D eigenvalue weighted by atomic mass is 32.2. The van der Waals surface area contributed by atoms with Gasteiger partial charge in [0.2, 0.25) is 10.0 Å². The molecule has 10 heteroatoms. The van der Waals surface area contributed by atoms with E-state index in [1.165, 1.54) is 44.6 Å². The van der Waals surface area contributed by atoms with Crippen molar-refractivity contribution in [3.8, 4) is 0 Å². The average molecular weight is 427 g/mol. The molecule has 0 saturated heterocycles. The van der Waals surface area contributed by atoms with Gasteiger partial charge in [-0.3, -0.25) is 9.59 Å². The highest BCUT2D eigenvalue weighted by Crippen LogP contribution is 2.15. The number of hydrazone groups is 1. The summed E-state index contributed by atoms with van der Waals surface area (Å²) < 4.78 is 25.2. The minimum absolute atomic E-state index is 0.0772. The molecule has 0 fully saturated rings. The molecule has 3 N–H and O–H groups in total. The van der Waals surface area contributed by atoms with Crippen LogP contribution in [-0.4, -0.2) is 56.4 Å². The number of carbonyl (C=O) groups is 2. The quantitative estimate of drug-likeness (QED) is 0.388. The lowest BCUT2D eigenvalue weighted by atomic mass is 10.2. The maximum Gasteiger partial charge on any atom is 0.259 e. The van der Waals surface area contributed by atoms with Crippen molar-refractivity contribution in [2.75, 3.05) is 20.6 Å². The molecule has 1 heterocycles. The smallest absolute Gasteiger partial charge is 0.259 e. The average Bonchev–Trinajstić information content (AvgIpc) is 3.15. The summed E-state index contributed by atoms with van der Waals surface area (Å²) in [5.41, 5.74) is 4.37. The van der Waals surface area contributed by atoms with Crippen LogP contribution in [0.15, 0.2) is 64.7 Å². The maximum atomic E-state index is 12.2. The number of H-pyrrole nitrogens is 1. The Balaban J connectivity index is 1.52. The Morgan fingerprint density at radius 1 is 1.10 bits per heavy atom. The van der Waals surface area contributed by atoms with E-state index in [4.69, 9.17) is 0 Å². The zero-order valence-corrected chi connectivity index (χ0v) is 17.2. The number of hydrogen-bond acceptors (Lipinski definition) is 5. The SMILES string of the molecule is CN(C)S(=O)(=O)c1ccc(C(=O)NCC(=O)N/N=C\c2c[nH]c3ccccc23)cc1. The van der Waals surface area contributed by atoms with Gasteiger partial charge in [-0.2, -0.15) is 5.10 Å². The molecule has 0 saturated carbocycles. The Morgan fingerprint density at radius 2 is 1.80 bits per heavy atom. The van der Waals surface area contributed by atoms with E-state index >= 15 is 0 Å². The van der Waals surface area contributed by atoms with Crippen molar-refractivity contribution in [2.24, 2.45) is 5.10 Å². The summed E-state index contributed by atoms with van der Waals surface area (Å²) in [5.74, 6) is -0.995. The topological polar surface area (TPSA) is 124 Å². The summed E-state index contributed by atoms with van der Waals surface area (Å²) in [4.78, 5) is 27.2. The molecule has 0 bridgehead atoms. The number of amides is 2. The van der Waals surface area contributed by atoms with Gasteiger partial charge in [-0.1, -0.05) is 18.2 Å². The monoisotopic (exact) mass is 427 g/mol. The fourth-order valence-corrected chi connectivity index (χ4v) is 3.57.